The van der Waals surface area contributed by atoms with E-state index in [2.05, 4.69) is 10.3 Å². The summed E-state index contributed by atoms with van der Waals surface area (Å²) >= 11 is 1.55. The maximum atomic E-state index is 13.1. The molecule has 2 saturated heterocycles. The molecule has 0 bridgehead atoms. The molecule has 0 spiro atoms. The molecule has 132 valence electrons. The Bertz CT molecular complexity index is 705. The number of fused-ring (bicyclic) bond motifs is 1. The van der Waals surface area contributed by atoms with Crippen molar-refractivity contribution in [2.24, 2.45) is 11.8 Å². The van der Waals surface area contributed by atoms with Gasteiger partial charge in [-0.3, -0.25) is 4.79 Å². The summed E-state index contributed by atoms with van der Waals surface area (Å²) in [5.41, 5.74) is 3.34. The van der Waals surface area contributed by atoms with Crippen LogP contribution in [0.4, 0.5) is 0 Å². The smallest absolute Gasteiger partial charge is 0.257 e. The minimum Gasteiger partial charge on any atom is -0.486 e. The molecular weight excluding hydrogens is 334 g/mol. The molecule has 0 radical (unpaired) electrons. The van der Waals surface area contributed by atoms with Crippen LogP contribution in [0.15, 0.2) is 35.2 Å². The SMILES string of the molecule is O=C(c1ccccc1OCc1cscn1)N1CC[C@@H]2CNC[C@@H]2CC1. The summed E-state index contributed by atoms with van der Waals surface area (Å²) in [4.78, 5) is 19.3. The van der Waals surface area contributed by atoms with Crippen LogP contribution < -0.4 is 10.1 Å². The Balaban J connectivity index is 1.46. The summed E-state index contributed by atoms with van der Waals surface area (Å²) in [6.45, 7) is 4.26. The molecule has 2 aromatic rings. The van der Waals surface area contributed by atoms with E-state index >= 15 is 0 Å². The van der Waals surface area contributed by atoms with Crippen LogP contribution in [0.3, 0.4) is 0 Å². The molecule has 6 heteroatoms. The lowest BCUT2D eigenvalue weighted by molar-refractivity contribution is 0.0753. The van der Waals surface area contributed by atoms with Gasteiger partial charge >= 0.3 is 0 Å². The Labute approximate surface area is 152 Å². The average Bonchev–Trinajstić information content (AvgIpc) is 3.28. The molecule has 1 aromatic carbocycles. The fourth-order valence-corrected chi connectivity index (χ4v) is 4.36. The van der Waals surface area contributed by atoms with Crippen LogP contribution in [0.5, 0.6) is 5.75 Å². The second-order valence-electron chi connectivity index (χ2n) is 6.81. The molecule has 0 unspecified atom stereocenters. The van der Waals surface area contributed by atoms with Gasteiger partial charge in [0.1, 0.15) is 12.4 Å². The Hall–Kier alpha value is -1.92. The van der Waals surface area contributed by atoms with Crippen LogP contribution in [0, 0.1) is 11.8 Å². The lowest BCUT2D eigenvalue weighted by Crippen LogP contribution is -2.33. The van der Waals surface area contributed by atoms with Crippen LogP contribution in [0.25, 0.3) is 0 Å². The number of aromatic nitrogens is 1. The molecule has 2 fully saturated rings. The van der Waals surface area contributed by atoms with E-state index in [1.54, 1.807) is 16.8 Å². The highest BCUT2D eigenvalue weighted by Gasteiger charge is 2.32. The molecule has 4 rings (SSSR count). The lowest BCUT2D eigenvalue weighted by atomic mass is 9.92. The average molecular weight is 357 g/mol. The Morgan fingerprint density at radius 2 is 2.00 bits per heavy atom. The zero-order chi connectivity index (χ0) is 17.1. The predicted octanol–water partition coefficient (Wildman–Crippen LogP) is 2.79. The van der Waals surface area contributed by atoms with E-state index in [4.69, 9.17) is 4.74 Å². The van der Waals surface area contributed by atoms with Gasteiger partial charge in [-0.05, 0) is 49.9 Å². The normalized spacial score (nSPS) is 23.1. The van der Waals surface area contributed by atoms with Crippen molar-refractivity contribution >= 4 is 17.2 Å². The number of hydrogen-bond acceptors (Lipinski definition) is 5. The minimum absolute atomic E-state index is 0.0850. The second kappa shape index (κ2) is 7.54. The van der Waals surface area contributed by atoms with Crippen molar-refractivity contribution < 1.29 is 9.53 Å². The zero-order valence-corrected chi connectivity index (χ0v) is 15.0. The number of ether oxygens (including phenoxy) is 1. The molecule has 1 N–H and O–H groups in total. The number of thiazole rings is 1. The van der Waals surface area contributed by atoms with Gasteiger partial charge in [0.15, 0.2) is 0 Å². The van der Waals surface area contributed by atoms with Gasteiger partial charge in [0, 0.05) is 18.5 Å². The number of benzene rings is 1. The molecule has 0 saturated carbocycles. The molecule has 2 aliphatic rings. The fraction of sp³-hybridized carbons (Fsp3) is 0.474. The first-order valence-electron chi connectivity index (χ1n) is 8.90. The third-order valence-electron chi connectivity index (χ3n) is 5.28. The highest BCUT2D eigenvalue weighted by molar-refractivity contribution is 7.07. The molecule has 0 aliphatic carbocycles. The highest BCUT2D eigenvalue weighted by atomic mass is 32.1. The monoisotopic (exact) mass is 357 g/mol. The summed E-state index contributed by atoms with van der Waals surface area (Å²) in [5, 5.41) is 5.44. The zero-order valence-electron chi connectivity index (χ0n) is 14.2. The van der Waals surface area contributed by atoms with E-state index in [9.17, 15) is 4.79 Å². The first-order chi connectivity index (χ1) is 12.3. The minimum atomic E-state index is 0.0850. The van der Waals surface area contributed by atoms with Crippen LogP contribution in [0.2, 0.25) is 0 Å². The van der Waals surface area contributed by atoms with Crippen molar-refractivity contribution in [3.8, 4) is 5.75 Å². The number of carbonyl (C=O) groups is 1. The fourth-order valence-electron chi connectivity index (χ4n) is 3.82. The third kappa shape index (κ3) is 3.70. The van der Waals surface area contributed by atoms with Crippen molar-refractivity contribution in [2.75, 3.05) is 26.2 Å². The van der Waals surface area contributed by atoms with Crippen molar-refractivity contribution in [3.05, 3.63) is 46.4 Å². The van der Waals surface area contributed by atoms with E-state index in [-0.39, 0.29) is 5.91 Å². The maximum absolute atomic E-state index is 13.1. The third-order valence-corrected chi connectivity index (χ3v) is 5.92. The van der Waals surface area contributed by atoms with Gasteiger partial charge in [-0.2, -0.15) is 0 Å². The van der Waals surface area contributed by atoms with Crippen LogP contribution in [-0.2, 0) is 6.61 Å². The molecule has 3 heterocycles. The lowest BCUT2D eigenvalue weighted by Gasteiger charge is -2.22. The van der Waals surface area contributed by atoms with Gasteiger partial charge in [-0.15, -0.1) is 11.3 Å². The van der Waals surface area contributed by atoms with Gasteiger partial charge < -0.3 is 15.0 Å². The van der Waals surface area contributed by atoms with E-state index in [1.807, 2.05) is 34.5 Å². The molecular formula is C19H23N3O2S. The predicted molar refractivity (Wildman–Crippen MR) is 97.9 cm³/mol. The number of hydrogen-bond donors (Lipinski definition) is 1. The van der Waals surface area contributed by atoms with Gasteiger partial charge in [-0.25, -0.2) is 4.98 Å². The molecule has 2 aliphatic heterocycles. The maximum Gasteiger partial charge on any atom is 0.257 e. The quantitative estimate of drug-likeness (QED) is 0.914. The Morgan fingerprint density at radius 1 is 1.24 bits per heavy atom. The summed E-state index contributed by atoms with van der Waals surface area (Å²) in [5.74, 6) is 2.16. The van der Waals surface area contributed by atoms with E-state index in [0.29, 0.717) is 29.8 Å². The van der Waals surface area contributed by atoms with Gasteiger partial charge in [0.05, 0.1) is 16.8 Å². The van der Waals surface area contributed by atoms with Gasteiger partial charge in [-0.1, -0.05) is 12.1 Å². The number of carbonyl (C=O) groups excluding carboxylic acids is 1. The summed E-state index contributed by atoms with van der Waals surface area (Å²) < 4.78 is 5.89. The summed E-state index contributed by atoms with van der Waals surface area (Å²) in [6, 6.07) is 7.55. The second-order valence-corrected chi connectivity index (χ2v) is 7.53. The van der Waals surface area contributed by atoms with Crippen LogP contribution in [0.1, 0.15) is 28.9 Å². The van der Waals surface area contributed by atoms with Gasteiger partial charge in [0.25, 0.3) is 5.91 Å². The standard InChI is InChI=1S/C19H23N3O2S/c23-19(22-7-5-14-9-20-10-15(14)6-8-22)17-3-1-2-4-18(17)24-11-16-12-25-13-21-16/h1-4,12-15,20H,5-11H2/t14-,15+. The molecule has 5 nitrogen and oxygen atoms in total. The molecule has 1 amide bonds. The van der Waals surface area contributed by atoms with E-state index in [0.717, 1.165) is 44.7 Å². The number of likely N-dealkylation sites (tertiary alicyclic amines) is 1. The molecule has 25 heavy (non-hydrogen) atoms. The van der Waals surface area contributed by atoms with Crippen LogP contribution >= 0.6 is 11.3 Å². The number of para-hydroxylation sites is 1. The first kappa shape index (κ1) is 16.5. The summed E-state index contributed by atoms with van der Waals surface area (Å²) in [6.07, 6.45) is 2.18. The van der Waals surface area contributed by atoms with Crippen molar-refractivity contribution in [2.45, 2.75) is 19.4 Å². The van der Waals surface area contributed by atoms with Gasteiger partial charge in [0.2, 0.25) is 0 Å². The number of nitrogens with zero attached hydrogens (tertiary/aromatic N) is 2. The van der Waals surface area contributed by atoms with Crippen molar-refractivity contribution in [3.63, 3.8) is 0 Å². The van der Waals surface area contributed by atoms with E-state index in [1.165, 1.54) is 0 Å². The van der Waals surface area contributed by atoms with Crippen molar-refractivity contribution in [1.29, 1.82) is 0 Å². The Kier molecular flexibility index (Phi) is 4.99. The first-order valence-corrected chi connectivity index (χ1v) is 9.84. The molecule has 1 aromatic heterocycles. The Morgan fingerprint density at radius 3 is 2.72 bits per heavy atom. The number of nitrogens with one attached hydrogen (secondary N) is 1. The topological polar surface area (TPSA) is 54.5 Å². The largest absolute Gasteiger partial charge is 0.486 e. The number of amides is 1. The summed E-state index contributed by atoms with van der Waals surface area (Å²) in [7, 11) is 0. The number of rotatable bonds is 4. The highest BCUT2D eigenvalue weighted by Crippen LogP contribution is 2.29. The van der Waals surface area contributed by atoms with E-state index < -0.39 is 0 Å². The van der Waals surface area contributed by atoms with Crippen LogP contribution in [-0.4, -0.2) is 42.0 Å². The molecule has 2 atom stereocenters. The van der Waals surface area contributed by atoms with Crippen molar-refractivity contribution in [1.82, 2.24) is 15.2 Å².